The van der Waals surface area contributed by atoms with Crippen molar-refractivity contribution in [1.29, 1.82) is 0 Å². The van der Waals surface area contributed by atoms with Crippen molar-refractivity contribution in [3.63, 3.8) is 0 Å². The van der Waals surface area contributed by atoms with Crippen LogP contribution in [0.4, 0.5) is 0 Å². The van der Waals surface area contributed by atoms with Crippen molar-refractivity contribution in [2.75, 3.05) is 6.61 Å². The molecular weight excluding hydrogens is 392 g/mol. The molecule has 5 nitrogen and oxygen atoms in total. The van der Waals surface area contributed by atoms with Crippen LogP contribution in [0.25, 0.3) is 0 Å². The summed E-state index contributed by atoms with van der Waals surface area (Å²) in [5, 5.41) is 0. The number of ether oxygens (including phenoxy) is 2. The molecule has 0 bridgehead atoms. The third kappa shape index (κ3) is 3.42. The Bertz CT molecular complexity index is 813. The van der Waals surface area contributed by atoms with Gasteiger partial charge in [0.15, 0.2) is 12.4 Å². The van der Waals surface area contributed by atoms with Gasteiger partial charge in [0.1, 0.15) is 5.60 Å². The molecule has 4 aliphatic rings. The molecule has 4 rings (SSSR count). The molecule has 0 aromatic rings. The number of hydrogen-bond acceptors (Lipinski definition) is 5. The summed E-state index contributed by atoms with van der Waals surface area (Å²) >= 11 is 0. The van der Waals surface area contributed by atoms with Crippen molar-refractivity contribution < 1.29 is 23.9 Å². The molecule has 0 aromatic heterocycles. The number of carbonyl (C=O) groups excluding carboxylic acids is 3. The second-order valence-corrected chi connectivity index (χ2v) is 11.2. The molecular formula is C26H38O5. The average Bonchev–Trinajstić information content (AvgIpc) is 2.99. The molecule has 3 fully saturated rings. The molecule has 0 amide bonds. The first-order chi connectivity index (χ1) is 14.5. The van der Waals surface area contributed by atoms with Gasteiger partial charge in [0.25, 0.3) is 0 Å². The molecule has 3 saturated carbocycles. The summed E-state index contributed by atoms with van der Waals surface area (Å²) in [6.45, 7) is 9.75. The summed E-state index contributed by atoms with van der Waals surface area (Å²) in [6, 6.07) is 0. The van der Waals surface area contributed by atoms with Gasteiger partial charge in [-0.3, -0.25) is 14.4 Å². The van der Waals surface area contributed by atoms with Gasteiger partial charge in [-0.15, -0.1) is 0 Å². The van der Waals surface area contributed by atoms with Crippen molar-refractivity contribution in [3.05, 3.63) is 11.6 Å². The highest BCUT2D eigenvalue weighted by Gasteiger charge is 2.67. The zero-order chi connectivity index (χ0) is 22.6. The lowest BCUT2D eigenvalue weighted by Crippen LogP contribution is -2.60. The highest BCUT2D eigenvalue weighted by molar-refractivity contribution is 5.92. The first-order valence-electron chi connectivity index (χ1n) is 12.1. The number of esters is 1. The fraction of sp³-hybridized carbons (Fsp3) is 0.808. The molecule has 31 heavy (non-hydrogen) atoms. The highest BCUT2D eigenvalue weighted by atomic mass is 16.5. The third-order valence-corrected chi connectivity index (χ3v) is 9.38. The smallest absolute Gasteiger partial charge is 0.303 e. The molecule has 0 saturated heterocycles. The van der Waals surface area contributed by atoms with Crippen LogP contribution in [-0.4, -0.2) is 35.8 Å². The van der Waals surface area contributed by atoms with Gasteiger partial charge in [-0.05, 0) is 88.0 Å². The lowest BCUT2D eigenvalue weighted by Gasteiger charge is -2.59. The Kier molecular flexibility index (Phi) is 5.73. The van der Waals surface area contributed by atoms with Crippen LogP contribution in [0.5, 0.6) is 0 Å². The lowest BCUT2D eigenvalue weighted by atomic mass is 9.46. The molecule has 0 aliphatic heterocycles. The van der Waals surface area contributed by atoms with Crippen molar-refractivity contribution in [2.45, 2.75) is 97.7 Å². The summed E-state index contributed by atoms with van der Waals surface area (Å²) < 4.78 is 11.6. The second kappa shape index (κ2) is 7.83. The third-order valence-electron chi connectivity index (χ3n) is 9.38. The molecule has 0 heterocycles. The predicted octanol–water partition coefficient (Wildman–Crippen LogP) is 4.81. The normalized spacial score (nSPS) is 41.8. The maximum absolute atomic E-state index is 13.5. The molecule has 6 atom stereocenters. The maximum Gasteiger partial charge on any atom is 0.303 e. The van der Waals surface area contributed by atoms with Crippen LogP contribution >= 0.6 is 0 Å². The van der Waals surface area contributed by atoms with Crippen LogP contribution < -0.4 is 0 Å². The van der Waals surface area contributed by atoms with E-state index < -0.39 is 11.6 Å². The largest absolute Gasteiger partial charge is 0.458 e. The Morgan fingerprint density at radius 2 is 1.77 bits per heavy atom. The van der Waals surface area contributed by atoms with E-state index in [1.54, 1.807) is 0 Å². The van der Waals surface area contributed by atoms with Gasteiger partial charge in [-0.2, -0.15) is 0 Å². The van der Waals surface area contributed by atoms with Gasteiger partial charge in [-0.1, -0.05) is 19.4 Å². The first kappa shape index (κ1) is 22.7. The van der Waals surface area contributed by atoms with Crippen LogP contribution in [0.3, 0.4) is 0 Å². The quantitative estimate of drug-likeness (QED) is 0.585. The fourth-order valence-electron chi connectivity index (χ4n) is 7.96. The van der Waals surface area contributed by atoms with Gasteiger partial charge in [-0.25, -0.2) is 0 Å². The number of Topliss-reactive ketones (excluding diaryl/α,β-unsaturated/α-hetero) is 1. The van der Waals surface area contributed by atoms with E-state index in [1.165, 1.54) is 12.5 Å². The van der Waals surface area contributed by atoms with Crippen molar-refractivity contribution >= 4 is 17.5 Å². The van der Waals surface area contributed by atoms with Crippen LogP contribution in [0, 0.1) is 28.6 Å². The standard InChI is InChI=1S/C26H38O5/c1-16(2)31-26(23(29)15-30-17(3)27)13-10-22-20-7-6-18-14-19(28)8-11-24(18,4)21(20)9-12-25(22,26)5/h14,16,20-22H,6-13,15H2,1-5H3/t20-,21+,22+,24+,25+,26+/m1/s1. The molecule has 4 aliphatic carbocycles. The molecule has 172 valence electrons. The molecule has 0 spiro atoms. The van der Waals surface area contributed by atoms with Crippen LogP contribution in [0.2, 0.25) is 0 Å². The van der Waals surface area contributed by atoms with E-state index in [9.17, 15) is 14.4 Å². The molecule has 0 radical (unpaired) electrons. The lowest BCUT2D eigenvalue weighted by molar-refractivity contribution is -0.191. The van der Waals surface area contributed by atoms with Crippen LogP contribution in [0.15, 0.2) is 11.6 Å². The zero-order valence-corrected chi connectivity index (χ0v) is 19.8. The topological polar surface area (TPSA) is 69.7 Å². The van der Waals surface area contributed by atoms with E-state index in [0.29, 0.717) is 30.6 Å². The van der Waals surface area contributed by atoms with E-state index in [4.69, 9.17) is 9.47 Å². The minimum atomic E-state index is -0.883. The first-order valence-corrected chi connectivity index (χ1v) is 12.1. The fourth-order valence-corrected chi connectivity index (χ4v) is 7.96. The van der Waals surface area contributed by atoms with E-state index in [1.807, 2.05) is 19.9 Å². The van der Waals surface area contributed by atoms with E-state index >= 15 is 0 Å². The Balaban J connectivity index is 1.66. The molecule has 0 unspecified atom stereocenters. The summed E-state index contributed by atoms with van der Waals surface area (Å²) in [4.78, 5) is 37.0. The molecule has 0 N–H and O–H groups in total. The van der Waals surface area contributed by atoms with Gasteiger partial charge in [0.05, 0.1) is 6.10 Å². The Morgan fingerprint density at radius 3 is 2.45 bits per heavy atom. The molecule has 0 aromatic carbocycles. The van der Waals surface area contributed by atoms with Crippen LogP contribution in [0.1, 0.15) is 86.0 Å². The van der Waals surface area contributed by atoms with Gasteiger partial charge < -0.3 is 9.47 Å². The summed E-state index contributed by atoms with van der Waals surface area (Å²) in [5.41, 5.74) is 0.343. The minimum absolute atomic E-state index is 0.0719. The number of fused-ring (bicyclic) bond motifs is 5. The number of hydrogen-bond donors (Lipinski definition) is 0. The van der Waals surface area contributed by atoms with E-state index in [-0.39, 0.29) is 35.1 Å². The maximum atomic E-state index is 13.5. The summed E-state index contributed by atoms with van der Waals surface area (Å²) in [6.07, 6.45) is 9.25. The second-order valence-electron chi connectivity index (χ2n) is 11.2. The van der Waals surface area contributed by atoms with Gasteiger partial charge in [0, 0.05) is 18.8 Å². The average molecular weight is 431 g/mol. The van der Waals surface area contributed by atoms with Gasteiger partial charge in [0.2, 0.25) is 5.78 Å². The van der Waals surface area contributed by atoms with Crippen molar-refractivity contribution in [2.24, 2.45) is 28.6 Å². The minimum Gasteiger partial charge on any atom is -0.458 e. The Labute approximate surface area is 186 Å². The number of carbonyl (C=O) groups is 3. The number of rotatable bonds is 5. The molecule has 5 heteroatoms. The zero-order valence-electron chi connectivity index (χ0n) is 19.8. The van der Waals surface area contributed by atoms with Crippen LogP contribution in [-0.2, 0) is 23.9 Å². The summed E-state index contributed by atoms with van der Waals surface area (Å²) in [5.74, 6) is 1.31. The van der Waals surface area contributed by atoms with Gasteiger partial charge >= 0.3 is 5.97 Å². The highest BCUT2D eigenvalue weighted by Crippen LogP contribution is 2.68. The van der Waals surface area contributed by atoms with E-state index in [2.05, 4.69) is 13.8 Å². The predicted molar refractivity (Wildman–Crippen MR) is 117 cm³/mol. The van der Waals surface area contributed by atoms with Crippen molar-refractivity contribution in [3.8, 4) is 0 Å². The number of allylic oxidation sites excluding steroid dienone is 1. The summed E-state index contributed by atoms with van der Waals surface area (Å²) in [7, 11) is 0. The Hall–Kier alpha value is -1.49. The SMILES string of the molecule is CC(=O)OCC(=O)[C@@]1(OC(C)C)CC[C@H]2[C@@H]3CCC4=CC(=O)CC[C@]4(C)[C@H]3CC[C@@]21C. The van der Waals surface area contributed by atoms with Crippen molar-refractivity contribution in [1.82, 2.24) is 0 Å². The van der Waals surface area contributed by atoms with E-state index in [0.717, 1.165) is 38.5 Å². The monoisotopic (exact) mass is 430 g/mol. The Morgan fingerprint density at radius 1 is 1.06 bits per heavy atom. The number of ketones is 2.